The number of nitrogens with zero attached hydrogens (tertiary/aromatic N) is 5. The molecule has 3 aromatic rings. The van der Waals surface area contributed by atoms with Crippen LogP contribution < -0.4 is 5.32 Å². The molecule has 11 heteroatoms. The number of anilines is 1. The van der Waals surface area contributed by atoms with Crippen LogP contribution in [0.25, 0.3) is 0 Å². The van der Waals surface area contributed by atoms with Crippen LogP contribution in [-0.2, 0) is 7.05 Å². The van der Waals surface area contributed by atoms with E-state index in [0.717, 1.165) is 11.8 Å². The molecule has 2 heterocycles. The number of aryl methyl sites for hydroxylation is 1. The molecule has 0 atom stereocenters. The number of aromatic nitrogens is 4. The topological polar surface area (TPSA) is 116 Å². The van der Waals surface area contributed by atoms with Crippen LogP contribution in [0.15, 0.2) is 46.2 Å². The van der Waals surface area contributed by atoms with Crippen LogP contribution in [0, 0.1) is 10.1 Å². The van der Waals surface area contributed by atoms with Gasteiger partial charge in [0.1, 0.15) is 6.33 Å². The molecule has 2 aromatic heterocycles. The molecule has 0 radical (unpaired) electrons. The Labute approximate surface area is 143 Å². The summed E-state index contributed by atoms with van der Waals surface area (Å²) in [6.45, 7) is 0. The lowest BCUT2D eigenvalue weighted by Gasteiger charge is -2.05. The highest BCUT2D eigenvalue weighted by molar-refractivity contribution is 7.99. The van der Waals surface area contributed by atoms with Crippen molar-refractivity contribution in [2.75, 3.05) is 5.32 Å². The number of benzene rings is 1. The summed E-state index contributed by atoms with van der Waals surface area (Å²) in [5.41, 5.74) is 0.00834. The molecule has 1 aromatic carbocycles. The smallest absolute Gasteiger partial charge is 0.284 e. The Hall–Kier alpha value is -2.79. The van der Waals surface area contributed by atoms with Crippen molar-refractivity contribution in [3.63, 3.8) is 0 Å². The van der Waals surface area contributed by atoms with Crippen LogP contribution in [0.4, 0.5) is 10.8 Å². The Balaban J connectivity index is 1.88. The van der Waals surface area contributed by atoms with E-state index in [-0.39, 0.29) is 11.3 Å². The summed E-state index contributed by atoms with van der Waals surface area (Å²) in [6, 6.07) is 4.28. The van der Waals surface area contributed by atoms with Crippen LogP contribution in [-0.4, -0.2) is 30.6 Å². The summed E-state index contributed by atoms with van der Waals surface area (Å²) in [5, 5.41) is 24.2. The monoisotopic (exact) mass is 362 g/mol. The second-order valence-electron chi connectivity index (χ2n) is 4.56. The fourth-order valence-electron chi connectivity index (χ4n) is 1.81. The fourth-order valence-corrected chi connectivity index (χ4v) is 3.18. The predicted molar refractivity (Wildman–Crippen MR) is 88.3 cm³/mol. The van der Waals surface area contributed by atoms with Gasteiger partial charge in [-0.25, -0.2) is 4.98 Å². The third-order valence-corrected chi connectivity index (χ3v) is 4.75. The maximum absolute atomic E-state index is 12.2. The molecular weight excluding hydrogens is 352 g/mol. The standard InChI is InChI=1S/C13H10N6O3S2/c1-18-7-15-17-13(18)24-10-3-2-8(6-9(10)19(21)22)11(20)16-12-14-4-5-23-12/h2-7H,1H3,(H,14,16,20). The van der Waals surface area contributed by atoms with E-state index in [9.17, 15) is 14.9 Å². The minimum atomic E-state index is -0.529. The SMILES string of the molecule is Cn1cnnc1Sc1ccc(C(=O)Nc2nccs2)cc1[N+](=O)[O-]. The molecule has 0 aliphatic heterocycles. The average Bonchev–Trinajstić information content (AvgIpc) is 3.20. The van der Waals surface area contributed by atoms with Crippen LogP contribution >= 0.6 is 23.1 Å². The van der Waals surface area contributed by atoms with E-state index in [1.54, 1.807) is 23.2 Å². The van der Waals surface area contributed by atoms with Crippen molar-refractivity contribution in [1.82, 2.24) is 19.7 Å². The average molecular weight is 362 g/mol. The molecule has 0 fully saturated rings. The van der Waals surface area contributed by atoms with Crippen LogP contribution in [0.3, 0.4) is 0 Å². The highest BCUT2D eigenvalue weighted by Gasteiger charge is 2.20. The largest absolute Gasteiger partial charge is 0.311 e. The Morgan fingerprint density at radius 3 is 2.92 bits per heavy atom. The first kappa shape index (κ1) is 16.1. The van der Waals surface area contributed by atoms with Gasteiger partial charge in [-0.15, -0.1) is 21.5 Å². The first-order chi connectivity index (χ1) is 11.5. The summed E-state index contributed by atoms with van der Waals surface area (Å²) in [5.74, 6) is -0.455. The van der Waals surface area contributed by atoms with Crippen molar-refractivity contribution >= 4 is 39.8 Å². The summed E-state index contributed by atoms with van der Waals surface area (Å²) in [6.07, 6.45) is 3.06. The number of carbonyl (C=O) groups excluding carboxylic acids is 1. The minimum Gasteiger partial charge on any atom is -0.311 e. The number of nitro benzene ring substituents is 1. The van der Waals surface area contributed by atoms with Crippen molar-refractivity contribution in [3.8, 4) is 0 Å². The van der Waals surface area contributed by atoms with Crippen LogP contribution in [0.5, 0.6) is 0 Å². The van der Waals surface area contributed by atoms with Gasteiger partial charge in [0, 0.05) is 30.3 Å². The van der Waals surface area contributed by atoms with Crippen molar-refractivity contribution in [1.29, 1.82) is 0 Å². The first-order valence-electron chi connectivity index (χ1n) is 6.55. The highest BCUT2D eigenvalue weighted by atomic mass is 32.2. The quantitative estimate of drug-likeness (QED) is 0.548. The zero-order valence-electron chi connectivity index (χ0n) is 12.2. The second kappa shape index (κ2) is 6.76. The van der Waals surface area contributed by atoms with Crippen molar-refractivity contribution in [2.45, 2.75) is 10.1 Å². The molecule has 0 aliphatic rings. The molecule has 24 heavy (non-hydrogen) atoms. The van der Waals surface area contributed by atoms with Crippen molar-refractivity contribution in [3.05, 3.63) is 51.8 Å². The summed E-state index contributed by atoms with van der Waals surface area (Å²) >= 11 is 2.37. The fraction of sp³-hybridized carbons (Fsp3) is 0.0769. The van der Waals surface area contributed by atoms with E-state index < -0.39 is 10.8 Å². The highest BCUT2D eigenvalue weighted by Crippen LogP contribution is 2.34. The lowest BCUT2D eigenvalue weighted by atomic mass is 10.2. The molecule has 0 spiro atoms. The van der Waals surface area contributed by atoms with Gasteiger partial charge in [0.25, 0.3) is 11.6 Å². The number of nitrogens with one attached hydrogen (secondary N) is 1. The van der Waals surface area contributed by atoms with Crippen molar-refractivity contribution < 1.29 is 9.72 Å². The number of thiazole rings is 1. The Morgan fingerprint density at radius 2 is 2.29 bits per heavy atom. The molecule has 0 bridgehead atoms. The Kier molecular flexibility index (Phi) is 4.53. The number of hydrogen-bond acceptors (Lipinski definition) is 8. The van der Waals surface area contributed by atoms with Gasteiger partial charge in [-0.3, -0.25) is 20.2 Å². The van der Waals surface area contributed by atoms with Gasteiger partial charge in [-0.05, 0) is 23.9 Å². The number of amides is 1. The van der Waals surface area contributed by atoms with Gasteiger partial charge < -0.3 is 4.57 Å². The number of carbonyl (C=O) groups is 1. The normalized spacial score (nSPS) is 10.5. The molecule has 0 unspecified atom stereocenters. The molecule has 1 N–H and O–H groups in total. The van der Waals surface area contributed by atoms with Gasteiger partial charge in [0.05, 0.1) is 9.82 Å². The third-order valence-electron chi connectivity index (χ3n) is 2.94. The first-order valence-corrected chi connectivity index (χ1v) is 8.25. The summed E-state index contributed by atoms with van der Waals surface area (Å²) in [7, 11) is 1.74. The zero-order chi connectivity index (χ0) is 17.1. The van der Waals surface area contributed by atoms with Crippen LogP contribution in [0.1, 0.15) is 10.4 Å². The lowest BCUT2D eigenvalue weighted by Crippen LogP contribution is -2.12. The van der Waals surface area contributed by atoms with Gasteiger partial charge in [0.15, 0.2) is 10.3 Å². The summed E-state index contributed by atoms with van der Waals surface area (Å²) in [4.78, 5) is 27.3. The third kappa shape index (κ3) is 3.41. The molecular formula is C13H10N6O3S2. The van der Waals surface area contributed by atoms with E-state index in [4.69, 9.17) is 0 Å². The van der Waals surface area contributed by atoms with E-state index in [1.807, 2.05) is 0 Å². The van der Waals surface area contributed by atoms with Crippen LogP contribution in [0.2, 0.25) is 0 Å². The number of nitro groups is 1. The molecule has 0 saturated carbocycles. The minimum absolute atomic E-state index is 0.171. The number of rotatable bonds is 5. The zero-order valence-corrected chi connectivity index (χ0v) is 13.9. The molecule has 3 rings (SSSR count). The predicted octanol–water partition coefficient (Wildman–Crippen LogP) is 2.58. The maximum Gasteiger partial charge on any atom is 0.284 e. The molecule has 0 saturated heterocycles. The lowest BCUT2D eigenvalue weighted by molar-refractivity contribution is -0.387. The molecule has 0 aliphatic carbocycles. The summed E-state index contributed by atoms with van der Waals surface area (Å²) < 4.78 is 1.65. The Bertz CT molecular complexity index is 893. The van der Waals surface area contributed by atoms with Gasteiger partial charge in [-0.2, -0.15) is 0 Å². The van der Waals surface area contributed by atoms with E-state index in [1.165, 1.54) is 35.9 Å². The van der Waals surface area contributed by atoms with Gasteiger partial charge in [0.2, 0.25) is 0 Å². The maximum atomic E-state index is 12.2. The molecule has 1 amide bonds. The van der Waals surface area contributed by atoms with Gasteiger partial charge in [-0.1, -0.05) is 0 Å². The Morgan fingerprint density at radius 1 is 1.46 bits per heavy atom. The van der Waals surface area contributed by atoms with E-state index >= 15 is 0 Å². The number of hydrogen-bond donors (Lipinski definition) is 1. The van der Waals surface area contributed by atoms with Gasteiger partial charge >= 0.3 is 0 Å². The van der Waals surface area contributed by atoms with Crippen molar-refractivity contribution in [2.24, 2.45) is 7.05 Å². The molecule has 122 valence electrons. The molecule has 9 nitrogen and oxygen atoms in total. The second-order valence-corrected chi connectivity index (χ2v) is 6.46. The van der Waals surface area contributed by atoms with E-state index in [2.05, 4.69) is 20.5 Å². The van der Waals surface area contributed by atoms with E-state index in [0.29, 0.717) is 15.2 Å².